The number of hydrogen-bond donors (Lipinski definition) is 0. The van der Waals surface area contributed by atoms with E-state index < -0.39 is 0 Å². The number of carbonyl (C=O) groups excluding carboxylic acids is 2. The first-order valence-corrected chi connectivity index (χ1v) is 6.79. The minimum absolute atomic E-state index is 0.102. The van der Waals surface area contributed by atoms with Gasteiger partial charge >= 0.3 is 0 Å². The molecule has 1 aromatic carbocycles. The maximum Gasteiger partial charge on any atom is 0.266 e. The van der Waals surface area contributed by atoms with Crippen LogP contribution in [0.4, 0.5) is 0 Å². The molecule has 1 fully saturated rings. The SMILES string of the molecule is C=CCN1C(=O)/C(=C/c2ccc(C=O)cc2)SC1=S. The van der Waals surface area contributed by atoms with Gasteiger partial charge in [-0.2, -0.15) is 0 Å². The Hall–Kier alpha value is -1.72. The monoisotopic (exact) mass is 289 g/mol. The number of nitrogens with zero attached hydrogens (tertiary/aromatic N) is 1. The maximum atomic E-state index is 12.1. The van der Waals surface area contributed by atoms with Crippen LogP contribution in [0.3, 0.4) is 0 Å². The van der Waals surface area contributed by atoms with E-state index >= 15 is 0 Å². The summed E-state index contributed by atoms with van der Waals surface area (Å²) in [5.74, 6) is -0.102. The van der Waals surface area contributed by atoms with Gasteiger partial charge < -0.3 is 0 Å². The third-order valence-corrected chi connectivity index (χ3v) is 3.93. The first kappa shape index (κ1) is 13.7. The average molecular weight is 289 g/mol. The van der Waals surface area contributed by atoms with E-state index in [1.54, 1.807) is 36.4 Å². The highest BCUT2D eigenvalue weighted by atomic mass is 32.2. The Morgan fingerprint density at radius 3 is 2.47 bits per heavy atom. The first-order valence-electron chi connectivity index (χ1n) is 5.57. The molecule has 2 rings (SSSR count). The molecule has 5 heteroatoms. The molecule has 1 heterocycles. The molecule has 96 valence electrons. The van der Waals surface area contributed by atoms with Gasteiger partial charge in [0, 0.05) is 12.1 Å². The van der Waals surface area contributed by atoms with Gasteiger partial charge in [0.2, 0.25) is 0 Å². The first-order chi connectivity index (χ1) is 9.15. The standard InChI is InChI=1S/C14H11NO2S2/c1-2-7-15-13(17)12(19-14(15)18)8-10-3-5-11(9-16)6-4-10/h2-6,8-9H,1,7H2/b12-8-. The number of rotatable bonds is 4. The summed E-state index contributed by atoms with van der Waals surface area (Å²) >= 11 is 6.43. The van der Waals surface area contributed by atoms with Crippen LogP contribution in [-0.4, -0.2) is 28.0 Å². The minimum atomic E-state index is -0.102. The Balaban J connectivity index is 2.24. The fraction of sp³-hybridized carbons (Fsp3) is 0.0714. The molecule has 0 aromatic heterocycles. The Morgan fingerprint density at radius 2 is 1.89 bits per heavy atom. The number of amides is 1. The molecule has 1 aliphatic rings. The number of hydrogen-bond acceptors (Lipinski definition) is 4. The molecular formula is C14H11NO2S2. The molecular weight excluding hydrogens is 278 g/mol. The molecule has 1 aliphatic heterocycles. The maximum absolute atomic E-state index is 12.1. The van der Waals surface area contributed by atoms with Gasteiger partial charge in [-0.3, -0.25) is 14.5 Å². The van der Waals surface area contributed by atoms with E-state index in [-0.39, 0.29) is 5.91 Å². The van der Waals surface area contributed by atoms with E-state index in [1.807, 2.05) is 0 Å². The summed E-state index contributed by atoms with van der Waals surface area (Å²) in [7, 11) is 0. The molecule has 1 saturated heterocycles. The van der Waals surface area contributed by atoms with Crippen molar-refractivity contribution in [2.24, 2.45) is 0 Å². The molecule has 0 N–H and O–H groups in total. The third-order valence-electron chi connectivity index (χ3n) is 2.56. The number of benzene rings is 1. The lowest BCUT2D eigenvalue weighted by atomic mass is 10.1. The zero-order valence-electron chi connectivity index (χ0n) is 10.0. The lowest BCUT2D eigenvalue weighted by Crippen LogP contribution is -2.27. The summed E-state index contributed by atoms with van der Waals surface area (Å²) in [6, 6.07) is 7.01. The van der Waals surface area contributed by atoms with E-state index in [9.17, 15) is 9.59 Å². The molecule has 0 radical (unpaired) electrons. The van der Waals surface area contributed by atoms with Crippen molar-refractivity contribution < 1.29 is 9.59 Å². The van der Waals surface area contributed by atoms with Crippen LogP contribution in [0.5, 0.6) is 0 Å². The van der Waals surface area contributed by atoms with Crippen molar-refractivity contribution >= 4 is 46.6 Å². The molecule has 3 nitrogen and oxygen atoms in total. The van der Waals surface area contributed by atoms with Crippen LogP contribution in [0.15, 0.2) is 41.8 Å². The van der Waals surface area contributed by atoms with Crippen molar-refractivity contribution in [2.45, 2.75) is 0 Å². The van der Waals surface area contributed by atoms with Crippen molar-refractivity contribution in [1.29, 1.82) is 0 Å². The third kappa shape index (κ3) is 3.00. The number of thiocarbonyl (C=S) groups is 1. The largest absolute Gasteiger partial charge is 0.298 e. The van der Waals surface area contributed by atoms with Gasteiger partial charge in [-0.25, -0.2) is 0 Å². The van der Waals surface area contributed by atoms with E-state index in [4.69, 9.17) is 12.2 Å². The van der Waals surface area contributed by atoms with Crippen LogP contribution in [-0.2, 0) is 4.79 Å². The van der Waals surface area contributed by atoms with Crippen LogP contribution in [0, 0.1) is 0 Å². The molecule has 1 amide bonds. The van der Waals surface area contributed by atoms with Crippen LogP contribution < -0.4 is 0 Å². The zero-order valence-corrected chi connectivity index (χ0v) is 11.7. The quantitative estimate of drug-likeness (QED) is 0.370. The van der Waals surface area contributed by atoms with E-state index in [0.717, 1.165) is 11.8 Å². The second-order valence-electron chi connectivity index (χ2n) is 3.87. The molecule has 19 heavy (non-hydrogen) atoms. The summed E-state index contributed by atoms with van der Waals surface area (Å²) in [6.07, 6.45) is 4.21. The van der Waals surface area contributed by atoms with Gasteiger partial charge in [0.15, 0.2) is 0 Å². The van der Waals surface area contributed by atoms with Crippen LogP contribution in [0.25, 0.3) is 6.08 Å². The summed E-state index contributed by atoms with van der Waals surface area (Å²) in [4.78, 5) is 24.7. The van der Waals surface area contributed by atoms with Gasteiger partial charge in [-0.1, -0.05) is 54.3 Å². The number of carbonyl (C=O) groups is 2. The Kier molecular flexibility index (Phi) is 4.29. The predicted molar refractivity (Wildman–Crippen MR) is 81.9 cm³/mol. The van der Waals surface area contributed by atoms with Gasteiger partial charge in [-0.15, -0.1) is 6.58 Å². The second kappa shape index (κ2) is 5.95. The van der Waals surface area contributed by atoms with Crippen molar-refractivity contribution in [2.75, 3.05) is 6.54 Å². The predicted octanol–water partition coefficient (Wildman–Crippen LogP) is 2.89. The van der Waals surface area contributed by atoms with Crippen LogP contribution in [0.2, 0.25) is 0 Å². The molecule has 0 bridgehead atoms. The van der Waals surface area contributed by atoms with E-state index in [1.165, 1.54) is 16.7 Å². The van der Waals surface area contributed by atoms with Crippen molar-refractivity contribution in [3.05, 3.63) is 53.0 Å². The van der Waals surface area contributed by atoms with Gasteiger partial charge in [0.05, 0.1) is 4.91 Å². The van der Waals surface area contributed by atoms with Gasteiger partial charge in [-0.05, 0) is 11.6 Å². The Morgan fingerprint density at radius 1 is 1.26 bits per heavy atom. The molecule has 0 aliphatic carbocycles. The molecule has 0 atom stereocenters. The zero-order chi connectivity index (χ0) is 13.8. The van der Waals surface area contributed by atoms with Crippen molar-refractivity contribution in [1.82, 2.24) is 4.90 Å². The summed E-state index contributed by atoms with van der Waals surface area (Å²) in [5, 5.41) is 0. The molecule has 0 unspecified atom stereocenters. The van der Waals surface area contributed by atoms with E-state index in [2.05, 4.69) is 6.58 Å². The van der Waals surface area contributed by atoms with E-state index in [0.29, 0.717) is 21.3 Å². The smallest absolute Gasteiger partial charge is 0.266 e. The van der Waals surface area contributed by atoms with Crippen LogP contribution >= 0.6 is 24.0 Å². The number of thioether (sulfide) groups is 1. The van der Waals surface area contributed by atoms with Crippen molar-refractivity contribution in [3.8, 4) is 0 Å². The topological polar surface area (TPSA) is 37.4 Å². The lowest BCUT2D eigenvalue weighted by molar-refractivity contribution is -0.121. The number of aldehydes is 1. The normalized spacial score (nSPS) is 17.1. The Labute approximate surface area is 121 Å². The van der Waals surface area contributed by atoms with Gasteiger partial charge in [0.1, 0.15) is 10.6 Å². The minimum Gasteiger partial charge on any atom is -0.298 e. The molecule has 0 saturated carbocycles. The average Bonchev–Trinajstić information content (AvgIpc) is 2.68. The molecule has 1 aromatic rings. The fourth-order valence-corrected chi connectivity index (χ4v) is 2.88. The van der Waals surface area contributed by atoms with Crippen LogP contribution in [0.1, 0.15) is 15.9 Å². The Bertz CT molecular complexity index is 576. The highest BCUT2D eigenvalue weighted by molar-refractivity contribution is 8.26. The highest BCUT2D eigenvalue weighted by Gasteiger charge is 2.30. The fourth-order valence-electron chi connectivity index (χ4n) is 1.61. The van der Waals surface area contributed by atoms with Gasteiger partial charge in [0.25, 0.3) is 5.91 Å². The lowest BCUT2D eigenvalue weighted by Gasteiger charge is -2.10. The summed E-state index contributed by atoms with van der Waals surface area (Å²) in [5.41, 5.74) is 1.47. The molecule has 0 spiro atoms. The summed E-state index contributed by atoms with van der Waals surface area (Å²) < 4.78 is 0.542. The summed E-state index contributed by atoms with van der Waals surface area (Å²) in [6.45, 7) is 4.03. The highest BCUT2D eigenvalue weighted by Crippen LogP contribution is 2.32. The second-order valence-corrected chi connectivity index (χ2v) is 5.54. The van der Waals surface area contributed by atoms with Crippen molar-refractivity contribution in [3.63, 3.8) is 0 Å².